The number of benzene rings is 1. The third-order valence-corrected chi connectivity index (χ3v) is 3.45. The van der Waals surface area contributed by atoms with Crippen LogP contribution in [0.2, 0.25) is 0 Å². The van der Waals surface area contributed by atoms with Crippen LogP contribution in [0, 0.1) is 11.6 Å². The largest absolute Gasteiger partial charge is 0.458 e. The van der Waals surface area contributed by atoms with Crippen LogP contribution in [0.5, 0.6) is 6.01 Å². The van der Waals surface area contributed by atoms with Crippen molar-refractivity contribution in [3.8, 4) is 6.01 Å². The van der Waals surface area contributed by atoms with E-state index in [2.05, 4.69) is 20.2 Å². The summed E-state index contributed by atoms with van der Waals surface area (Å²) in [6, 6.07) is 5.94. The summed E-state index contributed by atoms with van der Waals surface area (Å²) < 4.78 is 32.1. The minimum absolute atomic E-state index is 0. The first-order chi connectivity index (χ1) is 10.7. The van der Waals surface area contributed by atoms with Crippen LogP contribution in [0.25, 0.3) is 0 Å². The number of ether oxygens (including phenoxy) is 1. The monoisotopic (exact) mass is 342 g/mol. The molecule has 23 heavy (non-hydrogen) atoms. The molecule has 0 bridgehead atoms. The van der Waals surface area contributed by atoms with Crippen LogP contribution in [0.3, 0.4) is 0 Å². The van der Waals surface area contributed by atoms with Gasteiger partial charge in [0.15, 0.2) is 11.6 Å². The van der Waals surface area contributed by atoms with Crippen molar-refractivity contribution in [2.45, 2.75) is 6.61 Å². The number of halogens is 3. The van der Waals surface area contributed by atoms with E-state index in [0.717, 1.165) is 38.1 Å². The zero-order chi connectivity index (χ0) is 15.4. The minimum atomic E-state index is -0.902. The topological polar surface area (TPSA) is 50.3 Å². The lowest BCUT2D eigenvalue weighted by Gasteiger charge is -2.28. The summed E-state index contributed by atoms with van der Waals surface area (Å²) in [6.45, 7) is 3.39. The second kappa shape index (κ2) is 8.03. The molecule has 0 amide bonds. The van der Waals surface area contributed by atoms with Crippen molar-refractivity contribution in [1.29, 1.82) is 0 Å². The molecule has 8 heteroatoms. The summed E-state index contributed by atoms with van der Waals surface area (Å²) in [5.74, 6) is -1.02. The van der Waals surface area contributed by atoms with E-state index in [9.17, 15) is 8.78 Å². The number of rotatable bonds is 4. The van der Waals surface area contributed by atoms with E-state index in [1.54, 1.807) is 12.3 Å². The van der Waals surface area contributed by atoms with Crippen molar-refractivity contribution < 1.29 is 13.5 Å². The van der Waals surface area contributed by atoms with E-state index in [4.69, 9.17) is 4.74 Å². The first-order valence-electron chi connectivity index (χ1n) is 7.08. The first-order valence-corrected chi connectivity index (χ1v) is 7.08. The Hall–Kier alpha value is -1.99. The fraction of sp³-hybridized carbons (Fsp3) is 0.333. The van der Waals surface area contributed by atoms with Crippen LogP contribution >= 0.6 is 12.4 Å². The van der Waals surface area contributed by atoms with Crippen molar-refractivity contribution in [3.63, 3.8) is 0 Å². The van der Waals surface area contributed by atoms with E-state index >= 15 is 0 Å². The molecule has 124 valence electrons. The molecule has 2 heterocycles. The number of piperazine rings is 1. The summed E-state index contributed by atoms with van der Waals surface area (Å²) in [6.07, 6.45) is 1.60. The Morgan fingerprint density at radius 2 is 1.96 bits per heavy atom. The standard InChI is InChI=1S/C15H16F2N4O.ClH/c16-12-3-1-2-11(14(12)17)10-22-15-19-5-4-13(20-15)21-8-6-18-7-9-21;/h1-5,18H,6-10H2;1H. The molecular weight excluding hydrogens is 326 g/mol. The van der Waals surface area contributed by atoms with E-state index in [0.29, 0.717) is 0 Å². The highest BCUT2D eigenvalue weighted by Crippen LogP contribution is 2.16. The fourth-order valence-corrected chi connectivity index (χ4v) is 2.27. The highest BCUT2D eigenvalue weighted by atomic mass is 35.5. The van der Waals surface area contributed by atoms with Gasteiger partial charge in [0, 0.05) is 37.9 Å². The SMILES string of the molecule is Cl.Fc1cccc(COc2nccc(N3CCNCC3)n2)c1F. The van der Waals surface area contributed by atoms with Gasteiger partial charge in [0.05, 0.1) is 0 Å². The van der Waals surface area contributed by atoms with Crippen molar-refractivity contribution in [2.75, 3.05) is 31.1 Å². The predicted molar refractivity (Wildman–Crippen MR) is 85.1 cm³/mol. The van der Waals surface area contributed by atoms with Gasteiger partial charge in [-0.25, -0.2) is 13.8 Å². The molecular formula is C15H17ClF2N4O. The van der Waals surface area contributed by atoms with E-state index < -0.39 is 11.6 Å². The molecule has 1 aliphatic rings. The molecule has 0 atom stereocenters. The molecule has 0 saturated carbocycles. The molecule has 1 aromatic carbocycles. The molecule has 5 nitrogen and oxygen atoms in total. The first kappa shape index (κ1) is 17.4. The summed E-state index contributed by atoms with van der Waals surface area (Å²) >= 11 is 0. The highest BCUT2D eigenvalue weighted by molar-refractivity contribution is 5.85. The second-order valence-electron chi connectivity index (χ2n) is 4.94. The minimum Gasteiger partial charge on any atom is -0.458 e. The van der Waals surface area contributed by atoms with Crippen LogP contribution in [0.15, 0.2) is 30.5 Å². The highest BCUT2D eigenvalue weighted by Gasteiger charge is 2.13. The Bertz CT molecular complexity index is 653. The number of hydrogen-bond donors (Lipinski definition) is 1. The average Bonchev–Trinajstić information content (AvgIpc) is 2.57. The number of hydrogen-bond acceptors (Lipinski definition) is 5. The van der Waals surface area contributed by atoms with Crippen molar-refractivity contribution in [2.24, 2.45) is 0 Å². The molecule has 1 saturated heterocycles. The van der Waals surface area contributed by atoms with Crippen LogP contribution in [0.1, 0.15) is 5.56 Å². The van der Waals surface area contributed by atoms with Crippen molar-refractivity contribution in [3.05, 3.63) is 47.7 Å². The maximum absolute atomic E-state index is 13.6. The molecule has 1 fully saturated rings. The van der Waals surface area contributed by atoms with Gasteiger partial charge in [0.2, 0.25) is 0 Å². The molecule has 0 aliphatic carbocycles. The molecule has 0 spiro atoms. The van der Waals surface area contributed by atoms with Gasteiger partial charge in [-0.3, -0.25) is 0 Å². The van der Waals surface area contributed by atoms with Gasteiger partial charge >= 0.3 is 6.01 Å². The van der Waals surface area contributed by atoms with Gasteiger partial charge in [-0.2, -0.15) is 4.98 Å². The smallest absolute Gasteiger partial charge is 0.318 e. The average molecular weight is 343 g/mol. The lowest BCUT2D eigenvalue weighted by atomic mass is 10.2. The Labute approximate surface area is 139 Å². The maximum Gasteiger partial charge on any atom is 0.318 e. The van der Waals surface area contributed by atoms with Gasteiger partial charge in [0.25, 0.3) is 0 Å². The van der Waals surface area contributed by atoms with Gasteiger partial charge in [0.1, 0.15) is 12.4 Å². The Kier molecular flexibility index (Phi) is 6.06. The normalized spacial score (nSPS) is 14.3. The predicted octanol–water partition coefficient (Wildman–Crippen LogP) is 2.17. The maximum atomic E-state index is 13.6. The van der Waals surface area contributed by atoms with E-state index in [-0.39, 0.29) is 30.6 Å². The zero-order valence-corrected chi connectivity index (χ0v) is 13.2. The molecule has 1 aromatic heterocycles. The lowest BCUT2D eigenvalue weighted by Crippen LogP contribution is -2.43. The Morgan fingerprint density at radius 1 is 1.17 bits per heavy atom. The van der Waals surface area contributed by atoms with Gasteiger partial charge in [-0.1, -0.05) is 12.1 Å². The lowest BCUT2D eigenvalue weighted by molar-refractivity contribution is 0.273. The number of aromatic nitrogens is 2. The third kappa shape index (κ3) is 4.27. The van der Waals surface area contributed by atoms with Gasteiger partial charge < -0.3 is 15.0 Å². The number of anilines is 1. The summed E-state index contributed by atoms with van der Waals surface area (Å²) in [4.78, 5) is 10.4. The fourth-order valence-electron chi connectivity index (χ4n) is 2.27. The quantitative estimate of drug-likeness (QED) is 0.923. The molecule has 1 aliphatic heterocycles. The van der Waals surface area contributed by atoms with Crippen LogP contribution < -0.4 is 15.0 Å². The summed E-state index contributed by atoms with van der Waals surface area (Å²) in [5.41, 5.74) is 0.135. The zero-order valence-electron chi connectivity index (χ0n) is 12.3. The van der Waals surface area contributed by atoms with E-state index in [1.807, 2.05) is 0 Å². The second-order valence-corrected chi connectivity index (χ2v) is 4.94. The van der Waals surface area contributed by atoms with Crippen molar-refractivity contribution >= 4 is 18.2 Å². The molecule has 0 unspecified atom stereocenters. The van der Waals surface area contributed by atoms with Crippen LogP contribution in [-0.2, 0) is 6.61 Å². The molecule has 1 N–H and O–H groups in total. The molecule has 2 aromatic rings. The molecule has 3 rings (SSSR count). The van der Waals surface area contributed by atoms with Crippen LogP contribution in [-0.4, -0.2) is 36.1 Å². The number of nitrogens with one attached hydrogen (secondary N) is 1. The van der Waals surface area contributed by atoms with E-state index in [1.165, 1.54) is 12.1 Å². The van der Waals surface area contributed by atoms with Crippen molar-refractivity contribution in [1.82, 2.24) is 15.3 Å². The van der Waals surface area contributed by atoms with Crippen LogP contribution in [0.4, 0.5) is 14.6 Å². The summed E-state index contributed by atoms with van der Waals surface area (Å²) in [5, 5.41) is 3.26. The Morgan fingerprint density at radius 3 is 2.74 bits per heavy atom. The van der Waals surface area contributed by atoms with Gasteiger partial charge in [-0.05, 0) is 12.1 Å². The Balaban J connectivity index is 0.00000192. The molecule has 0 radical (unpaired) electrons. The van der Waals surface area contributed by atoms with Gasteiger partial charge in [-0.15, -0.1) is 12.4 Å². The number of nitrogens with zero attached hydrogens (tertiary/aromatic N) is 3. The summed E-state index contributed by atoms with van der Waals surface area (Å²) in [7, 11) is 0. The third-order valence-electron chi connectivity index (χ3n) is 3.45.